The standard InChI is InChI=1S/C13H22N2O3S/c1-3-9-15-19(16,17)13-7-5-12(6-8-13)14-10-11-18-4-2/h5-8,14-15H,3-4,9-11H2,1-2H3. The molecule has 1 aromatic carbocycles. The van der Waals surface area contributed by atoms with E-state index in [1.807, 2.05) is 13.8 Å². The summed E-state index contributed by atoms with van der Waals surface area (Å²) >= 11 is 0. The van der Waals surface area contributed by atoms with E-state index in [2.05, 4.69) is 10.0 Å². The minimum absolute atomic E-state index is 0.288. The van der Waals surface area contributed by atoms with Crippen LogP contribution in [0.3, 0.4) is 0 Å². The molecule has 0 aromatic heterocycles. The molecule has 0 heterocycles. The summed E-state index contributed by atoms with van der Waals surface area (Å²) in [6, 6.07) is 6.71. The summed E-state index contributed by atoms with van der Waals surface area (Å²) in [5.74, 6) is 0. The Balaban J connectivity index is 2.56. The average molecular weight is 286 g/mol. The summed E-state index contributed by atoms with van der Waals surface area (Å²) < 4.78 is 31.4. The van der Waals surface area contributed by atoms with Crippen molar-refractivity contribution >= 4 is 15.7 Å². The number of anilines is 1. The van der Waals surface area contributed by atoms with Crippen molar-refractivity contribution in [2.24, 2.45) is 0 Å². The van der Waals surface area contributed by atoms with Crippen LogP contribution in [0.5, 0.6) is 0 Å². The van der Waals surface area contributed by atoms with Gasteiger partial charge in [-0.2, -0.15) is 0 Å². The predicted octanol–water partition coefficient (Wildman–Crippen LogP) is 1.82. The molecule has 0 saturated heterocycles. The first-order valence-electron chi connectivity index (χ1n) is 6.51. The molecular weight excluding hydrogens is 264 g/mol. The topological polar surface area (TPSA) is 67.4 Å². The molecule has 6 heteroatoms. The van der Waals surface area contributed by atoms with Gasteiger partial charge in [0, 0.05) is 25.4 Å². The van der Waals surface area contributed by atoms with Gasteiger partial charge in [-0.1, -0.05) is 6.92 Å². The van der Waals surface area contributed by atoms with Crippen molar-refractivity contribution < 1.29 is 13.2 Å². The SMILES string of the molecule is CCCNS(=O)(=O)c1ccc(NCCOCC)cc1. The normalized spacial score (nSPS) is 11.5. The largest absolute Gasteiger partial charge is 0.383 e. The molecule has 0 fully saturated rings. The molecule has 1 rings (SSSR count). The Morgan fingerprint density at radius 2 is 1.79 bits per heavy atom. The molecule has 1 aromatic rings. The number of sulfonamides is 1. The molecule has 0 saturated carbocycles. The minimum Gasteiger partial charge on any atom is -0.383 e. The zero-order valence-electron chi connectivity index (χ0n) is 11.5. The Bertz CT molecular complexity index is 457. The van der Waals surface area contributed by atoms with Crippen LogP contribution >= 0.6 is 0 Å². The van der Waals surface area contributed by atoms with Gasteiger partial charge in [0.05, 0.1) is 11.5 Å². The van der Waals surface area contributed by atoms with Crippen molar-refractivity contribution in [2.45, 2.75) is 25.2 Å². The van der Waals surface area contributed by atoms with Crippen LogP contribution in [-0.2, 0) is 14.8 Å². The highest BCUT2D eigenvalue weighted by Gasteiger charge is 2.12. The maximum Gasteiger partial charge on any atom is 0.240 e. The first-order valence-corrected chi connectivity index (χ1v) is 7.99. The summed E-state index contributed by atoms with van der Waals surface area (Å²) in [5, 5.41) is 3.16. The van der Waals surface area contributed by atoms with Crippen LogP contribution in [0.15, 0.2) is 29.2 Å². The van der Waals surface area contributed by atoms with Crippen molar-refractivity contribution in [3.63, 3.8) is 0 Å². The van der Waals surface area contributed by atoms with Crippen LogP contribution in [-0.4, -0.2) is 34.7 Å². The van der Waals surface area contributed by atoms with E-state index >= 15 is 0 Å². The fourth-order valence-corrected chi connectivity index (χ4v) is 2.62. The summed E-state index contributed by atoms with van der Waals surface area (Å²) in [6.45, 7) is 6.36. The summed E-state index contributed by atoms with van der Waals surface area (Å²) in [5.41, 5.74) is 0.883. The predicted molar refractivity (Wildman–Crippen MR) is 76.9 cm³/mol. The van der Waals surface area contributed by atoms with Gasteiger partial charge in [0.2, 0.25) is 10.0 Å². The van der Waals surface area contributed by atoms with Crippen molar-refractivity contribution in [1.29, 1.82) is 0 Å². The Morgan fingerprint density at radius 3 is 2.37 bits per heavy atom. The first-order chi connectivity index (χ1) is 9.10. The van der Waals surface area contributed by atoms with Crippen LogP contribution in [0.25, 0.3) is 0 Å². The molecule has 0 bridgehead atoms. The molecule has 0 atom stereocenters. The van der Waals surface area contributed by atoms with Gasteiger partial charge in [-0.15, -0.1) is 0 Å². The van der Waals surface area contributed by atoms with Gasteiger partial charge in [-0.05, 0) is 37.6 Å². The Labute approximate surface area is 115 Å². The molecule has 0 unspecified atom stereocenters. The zero-order valence-corrected chi connectivity index (χ0v) is 12.3. The Hall–Kier alpha value is -1.11. The minimum atomic E-state index is -3.37. The zero-order chi connectivity index (χ0) is 14.1. The van der Waals surface area contributed by atoms with E-state index in [4.69, 9.17) is 4.74 Å². The second-order valence-electron chi connectivity index (χ2n) is 4.05. The number of rotatable bonds is 9. The number of ether oxygens (including phenoxy) is 1. The highest BCUT2D eigenvalue weighted by Crippen LogP contribution is 2.13. The Kier molecular flexibility index (Phi) is 6.83. The molecular formula is C13H22N2O3S. The van der Waals surface area contributed by atoms with E-state index in [1.165, 1.54) is 0 Å². The lowest BCUT2D eigenvalue weighted by Crippen LogP contribution is -2.24. The molecule has 0 aliphatic carbocycles. The van der Waals surface area contributed by atoms with Gasteiger partial charge in [-0.25, -0.2) is 13.1 Å². The van der Waals surface area contributed by atoms with E-state index in [9.17, 15) is 8.42 Å². The number of nitrogens with one attached hydrogen (secondary N) is 2. The van der Waals surface area contributed by atoms with E-state index in [-0.39, 0.29) is 4.90 Å². The second kappa shape index (κ2) is 8.14. The third-order valence-corrected chi connectivity index (χ3v) is 3.96. The monoisotopic (exact) mass is 286 g/mol. The van der Waals surface area contributed by atoms with Crippen molar-refractivity contribution in [1.82, 2.24) is 4.72 Å². The molecule has 0 aliphatic rings. The van der Waals surface area contributed by atoms with Crippen LogP contribution in [0.4, 0.5) is 5.69 Å². The molecule has 0 amide bonds. The molecule has 19 heavy (non-hydrogen) atoms. The van der Waals surface area contributed by atoms with Gasteiger partial charge < -0.3 is 10.1 Å². The number of benzene rings is 1. The number of hydrogen-bond acceptors (Lipinski definition) is 4. The maximum absolute atomic E-state index is 11.9. The molecule has 5 nitrogen and oxygen atoms in total. The lowest BCUT2D eigenvalue weighted by atomic mass is 10.3. The van der Waals surface area contributed by atoms with E-state index < -0.39 is 10.0 Å². The highest BCUT2D eigenvalue weighted by molar-refractivity contribution is 7.89. The van der Waals surface area contributed by atoms with Gasteiger partial charge in [0.25, 0.3) is 0 Å². The van der Waals surface area contributed by atoms with E-state index in [1.54, 1.807) is 24.3 Å². The van der Waals surface area contributed by atoms with Crippen LogP contribution < -0.4 is 10.0 Å². The quantitative estimate of drug-likeness (QED) is 0.680. The summed E-state index contributed by atoms with van der Waals surface area (Å²) in [4.78, 5) is 0.288. The lowest BCUT2D eigenvalue weighted by Gasteiger charge is -2.08. The second-order valence-corrected chi connectivity index (χ2v) is 5.81. The fourth-order valence-electron chi connectivity index (χ4n) is 1.48. The first kappa shape index (κ1) is 15.9. The maximum atomic E-state index is 11.9. The fraction of sp³-hybridized carbons (Fsp3) is 0.538. The molecule has 0 spiro atoms. The van der Waals surface area contributed by atoms with Gasteiger partial charge >= 0.3 is 0 Å². The Morgan fingerprint density at radius 1 is 1.11 bits per heavy atom. The lowest BCUT2D eigenvalue weighted by molar-refractivity contribution is 0.158. The van der Waals surface area contributed by atoms with Crippen molar-refractivity contribution in [3.8, 4) is 0 Å². The van der Waals surface area contributed by atoms with Gasteiger partial charge in [0.1, 0.15) is 0 Å². The summed E-state index contributed by atoms with van der Waals surface area (Å²) in [7, 11) is -3.37. The number of hydrogen-bond donors (Lipinski definition) is 2. The molecule has 2 N–H and O–H groups in total. The summed E-state index contributed by atoms with van der Waals surface area (Å²) in [6.07, 6.45) is 0.774. The van der Waals surface area contributed by atoms with Crippen molar-refractivity contribution in [3.05, 3.63) is 24.3 Å². The highest BCUT2D eigenvalue weighted by atomic mass is 32.2. The van der Waals surface area contributed by atoms with Crippen LogP contribution in [0.2, 0.25) is 0 Å². The molecule has 0 aliphatic heterocycles. The van der Waals surface area contributed by atoms with Crippen LogP contribution in [0.1, 0.15) is 20.3 Å². The van der Waals surface area contributed by atoms with Crippen molar-refractivity contribution in [2.75, 3.05) is 31.6 Å². The average Bonchev–Trinajstić information content (AvgIpc) is 2.42. The third kappa shape index (κ3) is 5.59. The van der Waals surface area contributed by atoms with Gasteiger partial charge in [0.15, 0.2) is 0 Å². The molecule has 108 valence electrons. The van der Waals surface area contributed by atoms with Crippen LogP contribution in [0, 0.1) is 0 Å². The van der Waals surface area contributed by atoms with Gasteiger partial charge in [-0.3, -0.25) is 0 Å². The van der Waals surface area contributed by atoms with E-state index in [0.29, 0.717) is 26.3 Å². The molecule has 0 radical (unpaired) electrons. The van der Waals surface area contributed by atoms with E-state index in [0.717, 1.165) is 12.1 Å². The third-order valence-electron chi connectivity index (χ3n) is 2.49. The smallest absolute Gasteiger partial charge is 0.240 e.